The van der Waals surface area contributed by atoms with E-state index in [0.717, 1.165) is 5.39 Å². The average molecular weight is 269 g/mol. The van der Waals surface area contributed by atoms with E-state index in [1.165, 1.54) is 6.92 Å². The summed E-state index contributed by atoms with van der Waals surface area (Å²) in [6, 6.07) is 1.60. The number of aromatic amines is 1. The van der Waals surface area contributed by atoms with E-state index >= 15 is 0 Å². The van der Waals surface area contributed by atoms with Crippen molar-refractivity contribution in [1.82, 2.24) is 10.2 Å². The Morgan fingerprint density at radius 2 is 2.28 bits per heavy atom. The van der Waals surface area contributed by atoms with Gasteiger partial charge in [-0.25, -0.2) is 0 Å². The van der Waals surface area contributed by atoms with Crippen molar-refractivity contribution in [3.05, 3.63) is 22.8 Å². The van der Waals surface area contributed by atoms with Crippen LogP contribution in [0.1, 0.15) is 17.3 Å². The summed E-state index contributed by atoms with van der Waals surface area (Å²) < 4.78 is 10.5. The van der Waals surface area contributed by atoms with Gasteiger partial charge < -0.3 is 9.47 Å². The summed E-state index contributed by atoms with van der Waals surface area (Å²) in [6.45, 7) is 2.26. The van der Waals surface area contributed by atoms with Crippen molar-refractivity contribution in [1.29, 1.82) is 0 Å². The zero-order valence-corrected chi connectivity index (χ0v) is 10.9. The topological polar surface area (TPSA) is 64.2 Å². The van der Waals surface area contributed by atoms with Crippen LogP contribution in [0.4, 0.5) is 0 Å². The zero-order valence-electron chi connectivity index (χ0n) is 10.1. The van der Waals surface area contributed by atoms with Crippen LogP contribution in [-0.2, 0) is 4.74 Å². The number of methoxy groups -OCH3 is 1. The molecule has 5 nitrogen and oxygen atoms in total. The molecule has 18 heavy (non-hydrogen) atoms. The molecule has 1 N–H and O–H groups in total. The van der Waals surface area contributed by atoms with E-state index in [4.69, 9.17) is 21.1 Å². The number of Topliss-reactive ketones (excluding diaryl/α,β-unsaturated/α-hetero) is 1. The Morgan fingerprint density at radius 3 is 2.94 bits per heavy atom. The predicted octanol–water partition coefficient (Wildman–Crippen LogP) is 2.44. The minimum Gasteiger partial charge on any atom is -0.488 e. The molecule has 1 heterocycles. The Hall–Kier alpha value is -1.59. The third-order valence-electron chi connectivity index (χ3n) is 2.55. The molecule has 0 aliphatic rings. The maximum Gasteiger partial charge on any atom is 0.163 e. The number of halogens is 1. The van der Waals surface area contributed by atoms with Gasteiger partial charge >= 0.3 is 0 Å². The van der Waals surface area contributed by atoms with Crippen LogP contribution >= 0.6 is 11.6 Å². The van der Waals surface area contributed by atoms with Gasteiger partial charge in [0.25, 0.3) is 0 Å². The molecule has 0 atom stereocenters. The van der Waals surface area contributed by atoms with Gasteiger partial charge in [0.1, 0.15) is 12.1 Å². The number of hydrogen-bond acceptors (Lipinski definition) is 4. The van der Waals surface area contributed by atoms with Gasteiger partial charge in [-0.2, -0.15) is 5.10 Å². The van der Waals surface area contributed by atoms with Gasteiger partial charge in [-0.1, -0.05) is 11.6 Å². The van der Waals surface area contributed by atoms with Crippen molar-refractivity contribution in [2.24, 2.45) is 0 Å². The molecule has 0 fully saturated rings. The highest BCUT2D eigenvalue weighted by atomic mass is 35.5. The highest BCUT2D eigenvalue weighted by molar-refractivity contribution is 6.36. The van der Waals surface area contributed by atoms with Crippen LogP contribution in [-0.4, -0.2) is 36.3 Å². The first kappa shape index (κ1) is 12.9. The smallest absolute Gasteiger partial charge is 0.163 e. The Labute approximate surface area is 109 Å². The summed E-state index contributed by atoms with van der Waals surface area (Å²) in [5.41, 5.74) is 1.07. The van der Waals surface area contributed by atoms with Crippen molar-refractivity contribution in [3.63, 3.8) is 0 Å². The third-order valence-corrected chi connectivity index (χ3v) is 2.87. The summed E-state index contributed by atoms with van der Waals surface area (Å²) in [4.78, 5) is 11.6. The number of aromatic nitrogens is 2. The summed E-state index contributed by atoms with van der Waals surface area (Å²) in [7, 11) is 1.59. The van der Waals surface area contributed by atoms with E-state index in [-0.39, 0.29) is 5.78 Å². The van der Waals surface area contributed by atoms with Gasteiger partial charge in [0.2, 0.25) is 0 Å². The lowest BCUT2D eigenvalue weighted by Gasteiger charge is -2.11. The number of rotatable bonds is 5. The molecule has 6 heteroatoms. The van der Waals surface area contributed by atoms with Crippen LogP contribution in [0, 0.1) is 0 Å². The number of nitrogens with one attached hydrogen (secondary N) is 1. The number of nitrogens with zero attached hydrogens (tertiary/aromatic N) is 1. The summed E-state index contributed by atoms with van der Waals surface area (Å²) in [6.07, 6.45) is 1.60. The standard InChI is InChI=1S/C12H13ClN2O3/c1-7(16)8-5-10(13)9-6-14-15-11(9)12(8)18-4-3-17-2/h5-6H,3-4H2,1-2H3,(H,14,15). The number of H-pyrrole nitrogens is 1. The van der Waals surface area contributed by atoms with Gasteiger partial charge in [-0.3, -0.25) is 9.89 Å². The maximum atomic E-state index is 11.6. The van der Waals surface area contributed by atoms with Gasteiger partial charge in [0.05, 0.1) is 23.4 Å². The number of ether oxygens (including phenoxy) is 2. The molecule has 2 aromatic rings. The van der Waals surface area contributed by atoms with E-state index in [0.29, 0.717) is 35.1 Å². The molecule has 0 aliphatic heterocycles. The van der Waals surface area contributed by atoms with Crippen LogP contribution in [0.25, 0.3) is 10.9 Å². The first-order chi connectivity index (χ1) is 8.65. The molecule has 0 bridgehead atoms. The monoisotopic (exact) mass is 268 g/mol. The fourth-order valence-electron chi connectivity index (χ4n) is 1.68. The van der Waals surface area contributed by atoms with E-state index in [2.05, 4.69) is 10.2 Å². The summed E-state index contributed by atoms with van der Waals surface area (Å²) in [5.74, 6) is 0.359. The molecular weight excluding hydrogens is 256 g/mol. The number of carbonyl (C=O) groups excluding carboxylic acids is 1. The fraction of sp³-hybridized carbons (Fsp3) is 0.333. The lowest BCUT2D eigenvalue weighted by molar-refractivity contribution is 0.101. The molecule has 0 radical (unpaired) electrons. The Balaban J connectivity index is 2.51. The molecule has 0 saturated heterocycles. The molecule has 96 valence electrons. The Morgan fingerprint density at radius 1 is 1.50 bits per heavy atom. The second-order valence-electron chi connectivity index (χ2n) is 3.79. The highest BCUT2D eigenvalue weighted by Gasteiger charge is 2.17. The Bertz CT molecular complexity index is 580. The minimum absolute atomic E-state index is 0.110. The number of benzene rings is 1. The summed E-state index contributed by atoms with van der Waals surface area (Å²) >= 11 is 6.09. The zero-order chi connectivity index (χ0) is 13.1. The van der Waals surface area contributed by atoms with Gasteiger partial charge in [-0.15, -0.1) is 0 Å². The van der Waals surface area contributed by atoms with E-state index in [9.17, 15) is 4.79 Å². The van der Waals surface area contributed by atoms with E-state index in [1.807, 2.05) is 0 Å². The molecular formula is C12H13ClN2O3. The van der Waals surface area contributed by atoms with Crippen molar-refractivity contribution in [2.45, 2.75) is 6.92 Å². The first-order valence-corrected chi connectivity index (χ1v) is 5.81. The van der Waals surface area contributed by atoms with E-state index in [1.54, 1.807) is 19.4 Å². The molecule has 1 aromatic carbocycles. The van der Waals surface area contributed by atoms with E-state index < -0.39 is 0 Å². The van der Waals surface area contributed by atoms with Crippen molar-refractivity contribution in [3.8, 4) is 5.75 Å². The van der Waals surface area contributed by atoms with Gasteiger partial charge in [0, 0.05) is 12.5 Å². The molecule has 0 aliphatic carbocycles. The quantitative estimate of drug-likeness (QED) is 0.668. The van der Waals surface area contributed by atoms with Crippen LogP contribution in [0.2, 0.25) is 5.02 Å². The van der Waals surface area contributed by atoms with Crippen LogP contribution in [0.3, 0.4) is 0 Å². The third kappa shape index (κ3) is 2.32. The van der Waals surface area contributed by atoms with Gasteiger partial charge in [-0.05, 0) is 13.0 Å². The Kier molecular flexibility index (Phi) is 3.84. The lowest BCUT2D eigenvalue weighted by Crippen LogP contribution is -2.08. The molecule has 2 rings (SSSR count). The molecule has 0 amide bonds. The fourth-order valence-corrected chi connectivity index (χ4v) is 1.94. The lowest BCUT2D eigenvalue weighted by atomic mass is 10.1. The number of fused-ring (bicyclic) bond motifs is 1. The second kappa shape index (κ2) is 5.37. The highest BCUT2D eigenvalue weighted by Crippen LogP contribution is 2.34. The average Bonchev–Trinajstić information content (AvgIpc) is 2.81. The van der Waals surface area contributed by atoms with Crippen LogP contribution < -0.4 is 4.74 Å². The largest absolute Gasteiger partial charge is 0.488 e. The number of carbonyl (C=O) groups is 1. The molecule has 1 aromatic heterocycles. The van der Waals surface area contributed by atoms with Crippen LogP contribution in [0.5, 0.6) is 5.75 Å². The normalized spacial score (nSPS) is 10.8. The molecule has 0 unspecified atom stereocenters. The van der Waals surface area contributed by atoms with Gasteiger partial charge in [0.15, 0.2) is 11.5 Å². The predicted molar refractivity (Wildman–Crippen MR) is 68.5 cm³/mol. The number of ketones is 1. The second-order valence-corrected chi connectivity index (χ2v) is 4.20. The number of hydrogen-bond donors (Lipinski definition) is 1. The SMILES string of the molecule is COCCOc1c(C(C)=O)cc(Cl)c2cn[nH]c12. The van der Waals surface area contributed by atoms with Crippen LogP contribution in [0.15, 0.2) is 12.3 Å². The van der Waals surface area contributed by atoms with Crippen molar-refractivity contribution in [2.75, 3.05) is 20.3 Å². The molecule has 0 saturated carbocycles. The summed E-state index contributed by atoms with van der Waals surface area (Å²) in [5, 5.41) is 7.92. The minimum atomic E-state index is -0.110. The first-order valence-electron chi connectivity index (χ1n) is 5.43. The molecule has 0 spiro atoms. The maximum absolute atomic E-state index is 11.6. The van der Waals surface area contributed by atoms with Crippen molar-refractivity contribution >= 4 is 28.3 Å². The van der Waals surface area contributed by atoms with Crippen molar-refractivity contribution < 1.29 is 14.3 Å².